The maximum absolute atomic E-state index is 11.8. The highest BCUT2D eigenvalue weighted by Gasteiger charge is 2.16. The predicted octanol–water partition coefficient (Wildman–Crippen LogP) is -1.20. The highest BCUT2D eigenvalue weighted by atomic mass is 32.2. The second kappa shape index (κ2) is 5.74. The molecule has 0 bridgehead atoms. The maximum atomic E-state index is 11.8. The van der Waals surface area contributed by atoms with E-state index in [2.05, 4.69) is 9.44 Å². The Kier molecular flexibility index (Phi) is 4.74. The van der Waals surface area contributed by atoms with Gasteiger partial charge in [0, 0.05) is 6.54 Å². The lowest BCUT2D eigenvalue weighted by molar-refractivity contribution is 0.477. The van der Waals surface area contributed by atoms with Crippen molar-refractivity contribution >= 4 is 25.7 Å². The molecule has 0 aliphatic rings. The smallest absolute Gasteiger partial charge is 0.240 e. The molecule has 0 spiro atoms. The van der Waals surface area contributed by atoms with Crippen molar-refractivity contribution in [2.24, 2.45) is 0 Å². The Balaban J connectivity index is 2.79. The van der Waals surface area contributed by atoms with Gasteiger partial charge >= 0.3 is 0 Å². The van der Waals surface area contributed by atoms with E-state index in [0.29, 0.717) is 0 Å². The van der Waals surface area contributed by atoms with Gasteiger partial charge in [-0.1, -0.05) is 0 Å². The zero-order valence-electron chi connectivity index (χ0n) is 10.1. The van der Waals surface area contributed by atoms with E-state index in [9.17, 15) is 21.9 Å². The van der Waals surface area contributed by atoms with Crippen LogP contribution in [0.15, 0.2) is 23.1 Å². The van der Waals surface area contributed by atoms with Gasteiger partial charge < -0.3 is 10.8 Å². The number of nitrogens with one attached hydrogen (secondary N) is 2. The van der Waals surface area contributed by atoms with Crippen molar-refractivity contribution in [2.45, 2.75) is 4.90 Å². The Morgan fingerprint density at radius 2 is 1.89 bits per heavy atom. The van der Waals surface area contributed by atoms with Crippen LogP contribution in [0, 0.1) is 0 Å². The number of phenols is 1. The molecule has 0 aliphatic carbocycles. The molecular weight excluding hydrogens is 294 g/mol. The van der Waals surface area contributed by atoms with Crippen LogP contribution in [0.4, 0.5) is 5.69 Å². The number of benzene rings is 1. The highest BCUT2D eigenvalue weighted by molar-refractivity contribution is 7.90. The molecule has 0 heterocycles. The van der Waals surface area contributed by atoms with E-state index in [-0.39, 0.29) is 28.6 Å². The van der Waals surface area contributed by atoms with Crippen LogP contribution >= 0.6 is 0 Å². The van der Waals surface area contributed by atoms with E-state index in [1.54, 1.807) is 0 Å². The number of hydrogen-bond acceptors (Lipinski definition) is 6. The Labute approximate surface area is 111 Å². The third-order valence-electron chi connectivity index (χ3n) is 2.28. The monoisotopic (exact) mass is 309 g/mol. The Hall–Kier alpha value is -1.36. The number of anilines is 1. The fourth-order valence-electron chi connectivity index (χ4n) is 1.20. The molecule has 0 radical (unpaired) electrons. The van der Waals surface area contributed by atoms with E-state index >= 15 is 0 Å². The molecule has 5 N–H and O–H groups in total. The third-order valence-corrected chi connectivity index (χ3v) is 5.11. The minimum absolute atomic E-state index is 0.0780. The summed E-state index contributed by atoms with van der Waals surface area (Å²) >= 11 is 0. The lowest BCUT2D eigenvalue weighted by atomic mass is 10.3. The van der Waals surface area contributed by atoms with Crippen molar-refractivity contribution in [1.82, 2.24) is 9.44 Å². The van der Waals surface area contributed by atoms with Crippen molar-refractivity contribution < 1.29 is 21.9 Å². The SMILES string of the molecule is CNS(=O)(=O)CCNS(=O)(=O)c1ccc(O)c(N)c1. The van der Waals surface area contributed by atoms with Crippen molar-refractivity contribution in [3.05, 3.63) is 18.2 Å². The lowest BCUT2D eigenvalue weighted by Gasteiger charge is -2.08. The summed E-state index contributed by atoms with van der Waals surface area (Å²) in [6, 6.07) is 3.40. The van der Waals surface area contributed by atoms with Crippen LogP contribution in [0.1, 0.15) is 0 Å². The van der Waals surface area contributed by atoms with Crippen LogP contribution in [0.2, 0.25) is 0 Å². The second-order valence-electron chi connectivity index (χ2n) is 3.64. The van der Waals surface area contributed by atoms with Crippen molar-refractivity contribution in [3.8, 4) is 5.75 Å². The van der Waals surface area contributed by atoms with Gasteiger partial charge in [-0.25, -0.2) is 26.3 Å². The first-order chi connectivity index (χ1) is 8.68. The highest BCUT2D eigenvalue weighted by Crippen LogP contribution is 2.22. The largest absolute Gasteiger partial charge is 0.506 e. The first-order valence-corrected chi connectivity index (χ1v) is 8.31. The summed E-state index contributed by atoms with van der Waals surface area (Å²) in [6.07, 6.45) is 0. The molecule has 19 heavy (non-hydrogen) atoms. The molecule has 1 rings (SSSR count). The van der Waals surface area contributed by atoms with Crippen molar-refractivity contribution in [3.63, 3.8) is 0 Å². The number of nitrogens with two attached hydrogens (primary N) is 1. The van der Waals surface area contributed by atoms with Crippen molar-refractivity contribution in [2.75, 3.05) is 25.1 Å². The van der Waals surface area contributed by atoms with Crippen LogP contribution in [0.5, 0.6) is 5.75 Å². The molecule has 0 aliphatic heterocycles. The van der Waals surface area contributed by atoms with E-state index < -0.39 is 20.0 Å². The van der Waals surface area contributed by atoms with Gasteiger partial charge in [-0.2, -0.15) is 0 Å². The van der Waals surface area contributed by atoms with Gasteiger partial charge in [-0.3, -0.25) is 0 Å². The summed E-state index contributed by atoms with van der Waals surface area (Å²) in [7, 11) is -6.10. The zero-order chi connectivity index (χ0) is 14.7. The summed E-state index contributed by atoms with van der Waals surface area (Å²) in [5, 5.41) is 9.20. The summed E-state index contributed by atoms with van der Waals surface area (Å²) < 4.78 is 50.1. The van der Waals surface area contributed by atoms with Crippen LogP contribution in [0.25, 0.3) is 0 Å². The predicted molar refractivity (Wildman–Crippen MR) is 70.6 cm³/mol. The van der Waals surface area contributed by atoms with Gasteiger partial charge in [0.15, 0.2) is 0 Å². The first kappa shape index (κ1) is 15.7. The molecule has 10 heteroatoms. The van der Waals surface area contributed by atoms with Crippen LogP contribution in [-0.4, -0.2) is 41.3 Å². The average Bonchev–Trinajstić information content (AvgIpc) is 2.32. The molecule has 0 amide bonds. The molecule has 0 unspecified atom stereocenters. The summed E-state index contributed by atoms with van der Waals surface area (Å²) in [4.78, 5) is -0.148. The topological polar surface area (TPSA) is 139 Å². The van der Waals surface area contributed by atoms with Crippen molar-refractivity contribution in [1.29, 1.82) is 0 Å². The average molecular weight is 309 g/mol. The number of nitrogen functional groups attached to an aromatic ring is 1. The van der Waals surface area contributed by atoms with Crippen LogP contribution in [-0.2, 0) is 20.0 Å². The van der Waals surface area contributed by atoms with E-state index in [1.165, 1.54) is 13.1 Å². The first-order valence-electron chi connectivity index (χ1n) is 5.17. The minimum Gasteiger partial charge on any atom is -0.506 e. The Bertz CT molecular complexity index is 654. The Morgan fingerprint density at radius 1 is 1.26 bits per heavy atom. The number of aromatic hydroxyl groups is 1. The molecule has 0 fully saturated rings. The summed E-state index contributed by atoms with van der Waals surface area (Å²) in [6.45, 7) is -0.272. The zero-order valence-corrected chi connectivity index (χ0v) is 11.8. The maximum Gasteiger partial charge on any atom is 0.240 e. The third kappa shape index (κ3) is 4.35. The number of hydrogen-bond donors (Lipinski definition) is 4. The lowest BCUT2D eigenvalue weighted by Crippen LogP contribution is -2.33. The quantitative estimate of drug-likeness (QED) is 0.384. The molecule has 1 aromatic rings. The van der Waals surface area contributed by atoms with Gasteiger partial charge in [0.1, 0.15) is 5.75 Å². The van der Waals surface area contributed by atoms with Gasteiger partial charge in [0.25, 0.3) is 0 Å². The second-order valence-corrected chi connectivity index (χ2v) is 7.45. The fraction of sp³-hybridized carbons (Fsp3) is 0.333. The summed E-state index contributed by atoms with van der Waals surface area (Å²) in [5.74, 6) is -0.604. The van der Waals surface area contributed by atoms with Crippen LogP contribution < -0.4 is 15.2 Å². The van der Waals surface area contributed by atoms with E-state index in [1.807, 2.05) is 0 Å². The van der Waals surface area contributed by atoms with Gasteiger partial charge in [-0.05, 0) is 25.2 Å². The van der Waals surface area contributed by atoms with E-state index in [0.717, 1.165) is 12.1 Å². The van der Waals surface area contributed by atoms with Gasteiger partial charge in [0.05, 0.1) is 16.3 Å². The Morgan fingerprint density at radius 3 is 2.42 bits per heavy atom. The molecular formula is C9H15N3O5S2. The number of sulfonamides is 2. The molecule has 0 saturated heterocycles. The molecule has 0 atom stereocenters. The fourth-order valence-corrected chi connectivity index (χ4v) is 2.97. The molecule has 8 nitrogen and oxygen atoms in total. The molecule has 108 valence electrons. The standard InChI is InChI=1S/C9H15N3O5S2/c1-11-18(14,15)5-4-12-19(16,17)7-2-3-9(13)8(10)6-7/h2-3,6,11-13H,4-5,10H2,1H3. The number of phenolic OH excluding ortho intramolecular Hbond substituents is 1. The minimum atomic E-state index is -3.86. The van der Waals surface area contributed by atoms with Gasteiger partial charge in [0.2, 0.25) is 20.0 Å². The normalized spacial score (nSPS) is 12.5. The number of rotatable bonds is 6. The van der Waals surface area contributed by atoms with Crippen LogP contribution in [0.3, 0.4) is 0 Å². The molecule has 0 aromatic heterocycles. The van der Waals surface area contributed by atoms with E-state index in [4.69, 9.17) is 5.73 Å². The van der Waals surface area contributed by atoms with Gasteiger partial charge in [-0.15, -0.1) is 0 Å². The molecule has 1 aromatic carbocycles. The molecule has 0 saturated carbocycles. The summed E-state index contributed by atoms with van der Waals surface area (Å²) in [5.41, 5.74) is 5.31.